The van der Waals surface area contributed by atoms with Crippen molar-refractivity contribution >= 4 is 22.9 Å². The molecular weight excluding hydrogens is 252 g/mol. The van der Waals surface area contributed by atoms with Gasteiger partial charge in [0.2, 0.25) is 0 Å². The van der Waals surface area contributed by atoms with E-state index in [1.165, 1.54) is 4.88 Å². The van der Waals surface area contributed by atoms with Gasteiger partial charge in [-0.2, -0.15) is 0 Å². The zero-order valence-corrected chi connectivity index (χ0v) is 11.5. The van der Waals surface area contributed by atoms with Crippen LogP contribution in [0.5, 0.6) is 0 Å². The molecular formula is C13H15ClN2S. The highest BCUT2D eigenvalue weighted by Gasteiger charge is 2.13. The second-order valence-corrected chi connectivity index (χ2v) is 5.85. The van der Waals surface area contributed by atoms with Crippen molar-refractivity contribution in [3.05, 3.63) is 51.4 Å². The fourth-order valence-corrected chi connectivity index (χ4v) is 2.82. The number of hydrogen-bond acceptors (Lipinski definition) is 3. The zero-order valence-electron chi connectivity index (χ0n) is 9.93. The lowest BCUT2D eigenvalue weighted by atomic mass is 10.2. The van der Waals surface area contributed by atoms with Crippen molar-refractivity contribution in [1.82, 2.24) is 9.88 Å². The zero-order chi connectivity index (χ0) is 12.3. The average molecular weight is 267 g/mol. The van der Waals surface area contributed by atoms with Crippen LogP contribution in [0.15, 0.2) is 36.5 Å². The molecule has 0 amide bonds. The minimum absolute atomic E-state index is 0.303. The summed E-state index contributed by atoms with van der Waals surface area (Å²) in [5, 5.41) is 0. The van der Waals surface area contributed by atoms with Gasteiger partial charge in [-0.3, -0.25) is 9.88 Å². The smallest absolute Gasteiger partial charge is 0.0931 e. The Morgan fingerprint density at radius 1 is 1.35 bits per heavy atom. The minimum Gasteiger partial charge on any atom is -0.293 e. The van der Waals surface area contributed by atoms with Gasteiger partial charge in [0.15, 0.2) is 0 Å². The Morgan fingerprint density at radius 3 is 2.76 bits per heavy atom. The summed E-state index contributed by atoms with van der Waals surface area (Å²) in [5.74, 6) is 0. The summed E-state index contributed by atoms with van der Waals surface area (Å²) in [6.07, 6.45) is 1.84. The van der Waals surface area contributed by atoms with E-state index in [2.05, 4.69) is 36.0 Å². The lowest BCUT2D eigenvalue weighted by molar-refractivity contribution is 0.251. The number of hydrogen-bond donors (Lipinski definition) is 0. The lowest BCUT2D eigenvalue weighted by Crippen LogP contribution is -2.22. The van der Waals surface area contributed by atoms with E-state index in [-0.39, 0.29) is 0 Å². The number of nitrogens with zero attached hydrogens (tertiary/aromatic N) is 2. The van der Waals surface area contributed by atoms with Crippen molar-refractivity contribution < 1.29 is 0 Å². The lowest BCUT2D eigenvalue weighted by Gasteiger charge is -2.23. The Kier molecular flexibility index (Phi) is 4.15. The van der Waals surface area contributed by atoms with Crippen molar-refractivity contribution in [1.29, 1.82) is 0 Å². The molecule has 0 aliphatic heterocycles. The monoisotopic (exact) mass is 266 g/mol. The predicted octanol–water partition coefficient (Wildman–Crippen LogP) is 3.99. The molecule has 2 heterocycles. The van der Waals surface area contributed by atoms with E-state index in [0.29, 0.717) is 6.04 Å². The number of pyridine rings is 1. The van der Waals surface area contributed by atoms with Crippen molar-refractivity contribution in [2.45, 2.75) is 19.5 Å². The van der Waals surface area contributed by atoms with E-state index >= 15 is 0 Å². The fourth-order valence-electron chi connectivity index (χ4n) is 1.67. The van der Waals surface area contributed by atoms with Crippen LogP contribution in [0.3, 0.4) is 0 Å². The standard InChI is InChI=1S/C13H15ClN2S/c1-10(12-5-3-4-8-15-12)16(2)9-11-6-7-13(14)17-11/h3-8,10H,9H2,1-2H3. The number of halogens is 1. The van der Waals surface area contributed by atoms with Crippen molar-refractivity contribution in [2.75, 3.05) is 7.05 Å². The van der Waals surface area contributed by atoms with Crippen LogP contribution in [0.4, 0.5) is 0 Å². The Balaban J connectivity index is 2.03. The molecule has 0 aliphatic carbocycles. The van der Waals surface area contributed by atoms with Crippen LogP contribution in [-0.4, -0.2) is 16.9 Å². The van der Waals surface area contributed by atoms with Gasteiger partial charge >= 0.3 is 0 Å². The quantitative estimate of drug-likeness (QED) is 0.832. The summed E-state index contributed by atoms with van der Waals surface area (Å²) in [7, 11) is 2.10. The van der Waals surface area contributed by atoms with Crippen LogP contribution in [0.1, 0.15) is 23.5 Å². The number of rotatable bonds is 4. The third kappa shape index (κ3) is 3.28. The molecule has 0 N–H and O–H groups in total. The Hall–Kier alpha value is -0.900. The first-order valence-electron chi connectivity index (χ1n) is 5.52. The summed E-state index contributed by atoms with van der Waals surface area (Å²) >= 11 is 7.56. The SMILES string of the molecule is CC(c1ccccn1)N(C)Cc1ccc(Cl)s1. The molecule has 0 saturated heterocycles. The molecule has 17 heavy (non-hydrogen) atoms. The molecule has 0 aliphatic rings. The van der Waals surface area contributed by atoms with E-state index in [1.807, 2.05) is 24.4 Å². The average Bonchev–Trinajstić information content (AvgIpc) is 2.75. The van der Waals surface area contributed by atoms with Gasteiger partial charge in [0.25, 0.3) is 0 Å². The van der Waals surface area contributed by atoms with Crippen LogP contribution < -0.4 is 0 Å². The molecule has 0 aromatic carbocycles. The van der Waals surface area contributed by atoms with Gasteiger partial charge in [-0.05, 0) is 38.2 Å². The van der Waals surface area contributed by atoms with Crippen molar-refractivity contribution in [2.24, 2.45) is 0 Å². The van der Waals surface area contributed by atoms with Gasteiger partial charge in [-0.25, -0.2) is 0 Å². The second kappa shape index (κ2) is 5.63. The molecule has 2 nitrogen and oxygen atoms in total. The molecule has 0 saturated carbocycles. The van der Waals surface area contributed by atoms with Gasteiger partial charge in [0, 0.05) is 23.7 Å². The highest BCUT2D eigenvalue weighted by atomic mass is 35.5. The van der Waals surface area contributed by atoms with Crippen molar-refractivity contribution in [3.63, 3.8) is 0 Å². The molecule has 2 rings (SSSR count). The molecule has 0 radical (unpaired) electrons. The van der Waals surface area contributed by atoms with Gasteiger partial charge in [-0.15, -0.1) is 11.3 Å². The molecule has 2 aromatic rings. The van der Waals surface area contributed by atoms with Gasteiger partial charge in [0.1, 0.15) is 0 Å². The van der Waals surface area contributed by atoms with E-state index < -0.39 is 0 Å². The van der Waals surface area contributed by atoms with E-state index in [1.54, 1.807) is 11.3 Å². The van der Waals surface area contributed by atoms with E-state index in [4.69, 9.17) is 11.6 Å². The minimum atomic E-state index is 0.303. The molecule has 0 bridgehead atoms. The molecule has 0 spiro atoms. The first-order valence-corrected chi connectivity index (χ1v) is 6.71. The summed E-state index contributed by atoms with van der Waals surface area (Å²) in [5.41, 5.74) is 1.10. The third-order valence-corrected chi connectivity index (χ3v) is 4.03. The number of aromatic nitrogens is 1. The van der Waals surface area contributed by atoms with Crippen LogP contribution in [0.25, 0.3) is 0 Å². The normalized spacial score (nSPS) is 12.9. The van der Waals surface area contributed by atoms with Crippen LogP contribution in [0.2, 0.25) is 4.34 Å². The molecule has 2 aromatic heterocycles. The van der Waals surface area contributed by atoms with Gasteiger partial charge < -0.3 is 0 Å². The van der Waals surface area contributed by atoms with E-state index in [9.17, 15) is 0 Å². The van der Waals surface area contributed by atoms with Crippen molar-refractivity contribution in [3.8, 4) is 0 Å². The third-order valence-electron chi connectivity index (χ3n) is 2.81. The molecule has 1 unspecified atom stereocenters. The van der Waals surface area contributed by atoms with E-state index in [0.717, 1.165) is 16.6 Å². The first kappa shape index (κ1) is 12.6. The Morgan fingerprint density at radius 2 is 2.18 bits per heavy atom. The maximum Gasteiger partial charge on any atom is 0.0931 e. The summed E-state index contributed by atoms with van der Waals surface area (Å²) in [6, 6.07) is 10.3. The maximum atomic E-state index is 5.93. The summed E-state index contributed by atoms with van der Waals surface area (Å²) in [4.78, 5) is 7.93. The first-order chi connectivity index (χ1) is 8.16. The number of thiophene rings is 1. The molecule has 0 fully saturated rings. The summed E-state index contributed by atoms with van der Waals surface area (Å²) in [6.45, 7) is 3.06. The predicted molar refractivity (Wildman–Crippen MR) is 73.4 cm³/mol. The van der Waals surface area contributed by atoms with Crippen LogP contribution in [0, 0.1) is 0 Å². The van der Waals surface area contributed by atoms with Gasteiger partial charge in [0.05, 0.1) is 10.0 Å². The van der Waals surface area contributed by atoms with Crippen LogP contribution in [-0.2, 0) is 6.54 Å². The highest BCUT2D eigenvalue weighted by molar-refractivity contribution is 7.16. The maximum absolute atomic E-state index is 5.93. The highest BCUT2D eigenvalue weighted by Crippen LogP contribution is 2.25. The second-order valence-electron chi connectivity index (χ2n) is 4.05. The topological polar surface area (TPSA) is 16.1 Å². The Labute approximate surface area is 111 Å². The van der Waals surface area contributed by atoms with Gasteiger partial charge in [-0.1, -0.05) is 17.7 Å². The largest absolute Gasteiger partial charge is 0.293 e. The molecule has 1 atom stereocenters. The Bertz CT molecular complexity index is 469. The summed E-state index contributed by atoms with van der Waals surface area (Å²) < 4.78 is 0.846. The molecule has 90 valence electrons. The van der Waals surface area contributed by atoms with Crippen LogP contribution >= 0.6 is 22.9 Å². The molecule has 4 heteroatoms. The fraction of sp³-hybridized carbons (Fsp3) is 0.308.